The van der Waals surface area contributed by atoms with Gasteiger partial charge in [0.25, 0.3) is 0 Å². The average molecular weight is 823 g/mol. The lowest BCUT2D eigenvalue weighted by Gasteiger charge is -2.32. The Balaban J connectivity index is 0.931. The summed E-state index contributed by atoms with van der Waals surface area (Å²) in [6, 6.07) is 29.4. The van der Waals surface area contributed by atoms with Gasteiger partial charge in [-0.05, 0) is 84.8 Å². The van der Waals surface area contributed by atoms with Crippen molar-refractivity contribution in [2.75, 3.05) is 41.0 Å². The second-order valence-corrected chi connectivity index (χ2v) is 16.1. The monoisotopic (exact) mass is 822 g/mol. The molecule has 0 saturated carbocycles. The second-order valence-electron chi connectivity index (χ2n) is 16.1. The number of carbonyl (C=O) groups excluding carboxylic acids is 3. The number of likely N-dealkylation sites (tertiary alicyclic amines) is 1. The third kappa shape index (κ3) is 9.38. The predicted molar refractivity (Wildman–Crippen MR) is 235 cm³/mol. The number of nitrogens with zero attached hydrogens (tertiary/aromatic N) is 4. The predicted octanol–water partition coefficient (Wildman–Crippen LogP) is 8.12. The van der Waals surface area contributed by atoms with Gasteiger partial charge in [0, 0.05) is 19.8 Å². The summed E-state index contributed by atoms with van der Waals surface area (Å²) in [6.45, 7) is 1.80. The van der Waals surface area contributed by atoms with Crippen LogP contribution in [-0.2, 0) is 19.1 Å². The molecule has 4 N–H and O–H groups in total. The van der Waals surface area contributed by atoms with Crippen LogP contribution in [0.3, 0.4) is 0 Å². The Hall–Kier alpha value is -6.31. The van der Waals surface area contributed by atoms with Gasteiger partial charge in [-0.2, -0.15) is 0 Å². The fraction of sp³-hybridized carbons (Fsp3) is 0.354. The zero-order chi connectivity index (χ0) is 42.3. The number of ether oxygens (including phenoxy) is 2. The standard InChI is InChI=1S/C48H54N8O5/c1-55(2)43(37-14-9-12-33-11-6-7-13-36(33)37)47(58)56-26-10-16-42(56)45-50-30-41(52-45)35-23-19-32(20-24-35)31-17-21-34(22-18-31)40-29-49-44(51-40)38-25-28-61-27-8-4-5-15-39(46(57)53-38)54-48(59)60-3/h6-7,9,11-14,17-24,29-30,38-39,42-43H,4-5,8,10,15-16,25-28H2,1-3H3,(H,49,51)(H,50,52)(H,53,57)(H,54,59)/t38-,39-,42-,43?/m0/s1. The molecule has 2 aliphatic heterocycles. The topological polar surface area (TPSA) is 158 Å². The van der Waals surface area contributed by atoms with Crippen LogP contribution >= 0.6 is 0 Å². The molecule has 4 atom stereocenters. The van der Waals surface area contributed by atoms with Crippen molar-refractivity contribution in [1.82, 2.24) is 40.4 Å². The average Bonchev–Trinajstić information content (AvgIpc) is 4.08. The first-order chi connectivity index (χ1) is 29.8. The van der Waals surface area contributed by atoms with E-state index < -0.39 is 24.2 Å². The minimum Gasteiger partial charge on any atom is -0.453 e. The first kappa shape index (κ1) is 41.4. The summed E-state index contributed by atoms with van der Waals surface area (Å²) >= 11 is 0. The van der Waals surface area contributed by atoms with E-state index in [1.807, 2.05) is 48.3 Å². The molecule has 1 unspecified atom stereocenters. The molecule has 316 valence electrons. The van der Waals surface area contributed by atoms with Crippen molar-refractivity contribution in [3.05, 3.63) is 121 Å². The number of hydrogen-bond donors (Lipinski definition) is 4. The van der Waals surface area contributed by atoms with E-state index in [1.54, 1.807) is 6.20 Å². The number of nitrogens with one attached hydrogen (secondary N) is 4. The number of carbonyl (C=O) groups is 3. The van der Waals surface area contributed by atoms with Crippen LogP contribution in [0.15, 0.2) is 103 Å². The van der Waals surface area contributed by atoms with Gasteiger partial charge in [-0.3, -0.25) is 14.5 Å². The molecule has 4 heterocycles. The molecular formula is C48H54N8O5. The molecular weight excluding hydrogens is 769 g/mol. The normalized spacial score (nSPS) is 19.5. The molecule has 4 aromatic carbocycles. The Labute approximate surface area is 356 Å². The Morgan fingerprint density at radius 3 is 2.13 bits per heavy atom. The molecule has 2 aliphatic rings. The molecule has 2 aromatic heterocycles. The maximum atomic E-state index is 14.4. The van der Waals surface area contributed by atoms with Crippen LogP contribution in [-0.4, -0.2) is 94.6 Å². The Kier molecular flexibility index (Phi) is 12.9. The van der Waals surface area contributed by atoms with E-state index in [4.69, 9.17) is 14.5 Å². The summed E-state index contributed by atoms with van der Waals surface area (Å²) in [5.41, 5.74) is 6.85. The number of benzene rings is 4. The Morgan fingerprint density at radius 1 is 0.770 bits per heavy atom. The fourth-order valence-corrected chi connectivity index (χ4v) is 8.64. The summed E-state index contributed by atoms with van der Waals surface area (Å²) in [5.74, 6) is 1.23. The summed E-state index contributed by atoms with van der Waals surface area (Å²) in [4.78, 5) is 60.1. The quantitative estimate of drug-likeness (QED) is 0.114. The van der Waals surface area contributed by atoms with Crippen molar-refractivity contribution in [2.45, 2.75) is 69.1 Å². The molecule has 2 saturated heterocycles. The second kappa shape index (κ2) is 18.9. The summed E-state index contributed by atoms with van der Waals surface area (Å²) < 4.78 is 10.6. The maximum Gasteiger partial charge on any atom is 0.407 e. The number of likely N-dealkylation sites (N-methyl/N-ethyl adjacent to an activating group) is 1. The van der Waals surface area contributed by atoms with Crippen molar-refractivity contribution in [3.8, 4) is 33.6 Å². The van der Waals surface area contributed by atoms with Crippen molar-refractivity contribution >= 4 is 28.7 Å². The smallest absolute Gasteiger partial charge is 0.407 e. The molecule has 61 heavy (non-hydrogen) atoms. The van der Waals surface area contributed by atoms with Gasteiger partial charge in [-0.1, -0.05) is 104 Å². The van der Waals surface area contributed by atoms with E-state index in [0.717, 1.165) is 87.9 Å². The molecule has 2 fully saturated rings. The molecule has 8 rings (SSSR count). The van der Waals surface area contributed by atoms with Crippen molar-refractivity contribution < 1.29 is 23.9 Å². The van der Waals surface area contributed by atoms with Crippen LogP contribution in [0.4, 0.5) is 4.79 Å². The van der Waals surface area contributed by atoms with E-state index >= 15 is 0 Å². The number of aromatic amines is 2. The van der Waals surface area contributed by atoms with Crippen molar-refractivity contribution in [3.63, 3.8) is 0 Å². The lowest BCUT2D eigenvalue weighted by Crippen LogP contribution is -2.48. The highest BCUT2D eigenvalue weighted by Gasteiger charge is 2.37. The van der Waals surface area contributed by atoms with E-state index in [-0.39, 0.29) is 17.9 Å². The number of methoxy groups -OCH3 is 1. The molecule has 0 spiro atoms. The summed E-state index contributed by atoms with van der Waals surface area (Å²) in [7, 11) is 5.23. The number of fused-ring (bicyclic) bond motifs is 1. The van der Waals surface area contributed by atoms with Crippen LogP contribution in [0, 0.1) is 0 Å². The van der Waals surface area contributed by atoms with Gasteiger partial charge in [0.1, 0.15) is 23.7 Å². The summed E-state index contributed by atoms with van der Waals surface area (Å²) in [6.07, 6.45) is 8.40. The minimum absolute atomic E-state index is 0.0876. The SMILES string of the molecule is COC(=O)N[C@H]1CCCCCOCC[C@@H](c2ncc(-c3ccc(-c4ccc(-c5cnc([C@@H]6CCCN6C(=O)C(c6cccc7ccccc67)N(C)C)[nH]5)cc4)cc3)[nH]2)NC1=O. The molecule has 0 aliphatic carbocycles. The van der Waals surface area contributed by atoms with Gasteiger partial charge < -0.3 is 35.0 Å². The number of rotatable bonds is 9. The largest absolute Gasteiger partial charge is 0.453 e. The highest BCUT2D eigenvalue weighted by atomic mass is 16.5. The van der Waals surface area contributed by atoms with Crippen molar-refractivity contribution in [1.29, 1.82) is 0 Å². The van der Waals surface area contributed by atoms with Gasteiger partial charge in [0.15, 0.2) is 0 Å². The lowest BCUT2D eigenvalue weighted by molar-refractivity contribution is -0.137. The molecule has 6 aromatic rings. The molecule has 0 bridgehead atoms. The first-order valence-electron chi connectivity index (χ1n) is 21.3. The first-order valence-corrected chi connectivity index (χ1v) is 21.3. The van der Waals surface area contributed by atoms with Crippen LogP contribution in [0.25, 0.3) is 44.4 Å². The number of amides is 3. The highest BCUT2D eigenvalue weighted by molar-refractivity contribution is 5.93. The number of alkyl carbamates (subject to hydrolysis) is 1. The van der Waals surface area contributed by atoms with Gasteiger partial charge in [0.05, 0.1) is 43.0 Å². The van der Waals surface area contributed by atoms with Crippen LogP contribution in [0.1, 0.15) is 80.3 Å². The lowest BCUT2D eigenvalue weighted by atomic mass is 9.97. The number of hydrogen-bond acceptors (Lipinski definition) is 8. The van der Waals surface area contributed by atoms with Gasteiger partial charge in [0.2, 0.25) is 11.8 Å². The Bertz CT molecular complexity index is 2440. The molecule has 0 radical (unpaired) electrons. The van der Waals surface area contributed by atoms with E-state index in [0.29, 0.717) is 38.4 Å². The van der Waals surface area contributed by atoms with Gasteiger partial charge in [-0.15, -0.1) is 0 Å². The van der Waals surface area contributed by atoms with Crippen LogP contribution in [0.2, 0.25) is 0 Å². The number of H-pyrrole nitrogens is 2. The van der Waals surface area contributed by atoms with Gasteiger partial charge in [-0.25, -0.2) is 14.8 Å². The molecule has 3 amide bonds. The van der Waals surface area contributed by atoms with E-state index in [2.05, 4.69) is 98.4 Å². The molecule has 13 nitrogen and oxygen atoms in total. The fourth-order valence-electron chi connectivity index (χ4n) is 8.64. The number of imidazole rings is 2. The van der Waals surface area contributed by atoms with Crippen LogP contribution in [0.5, 0.6) is 0 Å². The maximum absolute atomic E-state index is 14.4. The van der Waals surface area contributed by atoms with Crippen LogP contribution < -0.4 is 10.6 Å². The Morgan fingerprint density at radius 2 is 1.43 bits per heavy atom. The van der Waals surface area contributed by atoms with Crippen molar-refractivity contribution in [2.24, 2.45) is 0 Å². The zero-order valence-corrected chi connectivity index (χ0v) is 35.0. The third-order valence-corrected chi connectivity index (χ3v) is 11.9. The number of aromatic nitrogens is 4. The summed E-state index contributed by atoms with van der Waals surface area (Å²) in [5, 5.41) is 7.98. The van der Waals surface area contributed by atoms with Gasteiger partial charge >= 0.3 is 6.09 Å². The minimum atomic E-state index is -0.702. The molecule has 13 heteroatoms. The zero-order valence-electron chi connectivity index (χ0n) is 35.0. The highest BCUT2D eigenvalue weighted by Crippen LogP contribution is 2.37. The van der Waals surface area contributed by atoms with E-state index in [9.17, 15) is 14.4 Å². The van der Waals surface area contributed by atoms with E-state index in [1.165, 1.54) is 7.11 Å². The third-order valence-electron chi connectivity index (χ3n) is 11.9.